The van der Waals surface area contributed by atoms with Crippen LogP contribution < -0.4 is 15.4 Å². The van der Waals surface area contributed by atoms with Crippen molar-refractivity contribution in [3.63, 3.8) is 0 Å². The van der Waals surface area contributed by atoms with Gasteiger partial charge in [-0.05, 0) is 146 Å². The number of carbonyl (C=O) groups is 1. The quantitative estimate of drug-likeness (QED) is 0.0404. The van der Waals surface area contributed by atoms with Crippen LogP contribution in [0.5, 0.6) is 0 Å². The fourth-order valence-electron chi connectivity index (χ4n) is 10.4. The summed E-state index contributed by atoms with van der Waals surface area (Å²) in [7, 11) is 0. The molecule has 3 aromatic rings. The molecule has 0 saturated carbocycles. The van der Waals surface area contributed by atoms with Crippen molar-refractivity contribution in [2.45, 2.75) is 338 Å². The van der Waals surface area contributed by atoms with E-state index >= 15 is 4.79 Å². The summed E-state index contributed by atoms with van der Waals surface area (Å²) in [6.45, 7) is 20.8. The van der Waals surface area contributed by atoms with E-state index in [1.807, 2.05) is 70.6 Å². The normalized spacial score (nSPS) is 12.7. The Morgan fingerprint density at radius 2 is 0.489 bits per heavy atom. The Kier molecular flexibility index (Phi) is 48.0. The number of urea groups is 1. The van der Waals surface area contributed by atoms with E-state index in [4.69, 9.17) is 10.5 Å². The average Bonchev–Trinajstić information content (AvgIpc) is 3.11. The number of amides is 2. The molecule has 4 rings (SSSR count). The van der Waals surface area contributed by atoms with Crippen molar-refractivity contribution in [1.29, 1.82) is 0 Å². The van der Waals surface area contributed by atoms with Gasteiger partial charge in [0.2, 0.25) is 5.84 Å². The van der Waals surface area contributed by atoms with Crippen LogP contribution in [-0.4, -0.2) is 63.6 Å². The fraction of sp³-hybridized carbons (Fsp3) is 0.730. The van der Waals surface area contributed by atoms with Crippen LogP contribution in [0.1, 0.15) is 299 Å². The Morgan fingerprint density at radius 3 is 0.727 bits per heavy atom. The number of carbonyl (C=O) groups excluding carboxylic acids is 1. The maximum absolute atomic E-state index is 16.2. The number of unbranched alkanes of at least 4 members (excludes halogenated alkanes) is 27. The molecule has 2 amide bonds. The van der Waals surface area contributed by atoms with Crippen LogP contribution in [0, 0.1) is 0 Å². The van der Waals surface area contributed by atoms with E-state index in [0.29, 0.717) is 5.84 Å². The number of thioether (sulfide) groups is 9. The van der Waals surface area contributed by atoms with Gasteiger partial charge in [-0.15, -0.1) is 116 Å². The van der Waals surface area contributed by atoms with Gasteiger partial charge in [-0.3, -0.25) is 0 Å². The predicted molar refractivity (Wildman–Crippen MR) is 412 cm³/mol. The minimum Gasteiger partial charge on any atom is -0.244 e. The van der Waals surface area contributed by atoms with Gasteiger partial charge in [0.1, 0.15) is 0 Å². The Labute approximate surface area is 580 Å². The van der Waals surface area contributed by atoms with E-state index in [1.165, 1.54) is 275 Å². The molecule has 0 aliphatic carbocycles. The van der Waals surface area contributed by atoms with Crippen molar-refractivity contribution in [1.82, 2.24) is 5.43 Å². The Hall–Kier alpha value is -0.450. The lowest BCUT2D eigenvalue weighted by Crippen LogP contribution is -2.52. The summed E-state index contributed by atoms with van der Waals surface area (Å²) in [6, 6.07) is 14.1. The van der Waals surface area contributed by atoms with Gasteiger partial charge in [-0.25, -0.2) is 4.79 Å². The molecule has 3 aromatic carbocycles. The molecule has 0 saturated heterocycles. The summed E-state index contributed by atoms with van der Waals surface area (Å²) in [5.74, 6) is 10.4. The molecular formula is C74H123N4OS9. The molecule has 499 valence electrons. The number of hydrogen-bond acceptors (Lipinski definition) is 11. The van der Waals surface area contributed by atoms with Crippen molar-refractivity contribution in [2.75, 3.05) is 61.8 Å². The smallest absolute Gasteiger partial charge is 0.244 e. The first-order valence-corrected chi connectivity index (χ1v) is 44.8. The summed E-state index contributed by atoms with van der Waals surface area (Å²) >= 11 is 18.3. The number of hydrogen-bond donors (Lipinski definition) is 0. The van der Waals surface area contributed by atoms with E-state index in [2.05, 4.69) is 134 Å². The molecule has 0 spiro atoms. The molecule has 5 nitrogen and oxygen atoms in total. The topological polar surface area (TPSA) is 50.0 Å². The lowest BCUT2D eigenvalue weighted by atomic mass is 10.2. The second-order valence-electron chi connectivity index (χ2n) is 24.0. The van der Waals surface area contributed by atoms with Gasteiger partial charge >= 0.3 is 6.03 Å². The van der Waals surface area contributed by atoms with Gasteiger partial charge in [0, 0.05) is 49.6 Å². The number of benzene rings is 3. The standard InChI is InChI=1S/C74H123N4OS9/c1-10-19-28-37-46-80-64-55-61(56-65(81-47-38-29-20-11-2)70(64)86-52-43-34-25-16-7)73-75-77(62-57-66(82-48-39-30-21-12-3)71(87-53-44-35-26-17-8)67(58-62)83-49-40-31-22-13-4)74(79)78(76-73)63-59-68(84-50-41-32-23-14-5)72(88-54-45-36-27-18-9)69(60-63)85-51-42-33-24-15-6/h55-60H,10-54H2,1-9H3. The van der Waals surface area contributed by atoms with Crippen molar-refractivity contribution < 1.29 is 4.79 Å². The van der Waals surface area contributed by atoms with Crippen LogP contribution in [0.15, 0.2) is 85.6 Å². The van der Waals surface area contributed by atoms with Gasteiger partial charge in [0.25, 0.3) is 0 Å². The third-order valence-electron chi connectivity index (χ3n) is 15.8. The monoisotopic (exact) mass is 1370 g/mol. The number of hydrazone groups is 1. The van der Waals surface area contributed by atoms with Crippen LogP contribution in [-0.2, 0) is 0 Å². The summed E-state index contributed by atoms with van der Waals surface area (Å²) in [6.07, 6.45) is 44.8. The van der Waals surface area contributed by atoms with Gasteiger partial charge in [-0.1, -0.05) is 236 Å². The van der Waals surface area contributed by atoms with Crippen molar-refractivity contribution in [3.8, 4) is 0 Å². The fourth-order valence-corrected chi connectivity index (χ4v) is 21.6. The highest BCUT2D eigenvalue weighted by molar-refractivity contribution is 8.05. The van der Waals surface area contributed by atoms with Crippen LogP contribution in [0.3, 0.4) is 0 Å². The van der Waals surface area contributed by atoms with Crippen LogP contribution in [0.2, 0.25) is 0 Å². The second kappa shape index (κ2) is 52.8. The molecular weight excluding hydrogens is 1250 g/mol. The predicted octanol–water partition coefficient (Wildman–Crippen LogP) is 28.1. The van der Waals surface area contributed by atoms with Gasteiger partial charge in [0.15, 0.2) is 0 Å². The first-order chi connectivity index (χ1) is 43.3. The van der Waals surface area contributed by atoms with E-state index in [0.717, 1.165) is 68.7 Å². The Bertz CT molecular complexity index is 2210. The van der Waals surface area contributed by atoms with Gasteiger partial charge in [0.05, 0.1) is 11.4 Å². The molecule has 0 atom stereocenters. The molecule has 14 heteroatoms. The van der Waals surface area contributed by atoms with Gasteiger partial charge in [-0.2, -0.15) is 10.0 Å². The highest BCUT2D eigenvalue weighted by Gasteiger charge is 2.35. The maximum Gasteiger partial charge on any atom is 0.370 e. The highest BCUT2D eigenvalue weighted by atomic mass is 32.2. The zero-order chi connectivity index (χ0) is 63.1. The van der Waals surface area contributed by atoms with Crippen LogP contribution in [0.4, 0.5) is 16.2 Å². The molecule has 1 aliphatic heterocycles. The largest absolute Gasteiger partial charge is 0.370 e. The van der Waals surface area contributed by atoms with Crippen molar-refractivity contribution >= 4 is 129 Å². The first kappa shape index (κ1) is 80.0. The zero-order valence-electron chi connectivity index (χ0n) is 57.2. The third-order valence-corrected chi connectivity index (χ3v) is 27.0. The molecule has 1 heterocycles. The lowest BCUT2D eigenvalue weighted by molar-refractivity contribution is 0.249. The number of anilines is 2. The molecule has 0 bridgehead atoms. The van der Waals surface area contributed by atoms with Crippen LogP contribution >= 0.6 is 106 Å². The third kappa shape index (κ3) is 31.9. The van der Waals surface area contributed by atoms with E-state index in [1.54, 1.807) is 10.0 Å². The molecule has 1 radical (unpaired) electrons. The summed E-state index contributed by atoms with van der Waals surface area (Å²) in [5.41, 5.74) is 8.31. The van der Waals surface area contributed by atoms with Crippen molar-refractivity contribution in [2.24, 2.45) is 5.10 Å². The zero-order valence-corrected chi connectivity index (χ0v) is 64.5. The molecule has 0 unspecified atom stereocenters. The number of nitrogens with zero attached hydrogens (tertiary/aromatic N) is 4. The second-order valence-corrected chi connectivity index (χ2v) is 34.1. The van der Waals surface area contributed by atoms with E-state index < -0.39 is 0 Å². The average molecular weight is 1370 g/mol. The minimum absolute atomic E-state index is 0.199. The SMILES string of the molecule is CCCCCCSc1cc(C2=NN(c3cc(SCCCCCC)c(SCCCCCC)c(SCCCCCC)c3)C(=O)N(c3cc(SCCCCCC)c(SCCCCCC)c(SCCCCCC)c3)[N]2)cc(SCCCCCC)c1SCCCCCC. The minimum atomic E-state index is -0.199. The molecule has 0 aromatic heterocycles. The van der Waals surface area contributed by atoms with E-state index in [9.17, 15) is 0 Å². The summed E-state index contributed by atoms with van der Waals surface area (Å²) in [4.78, 5) is 28.4. The Morgan fingerprint density at radius 1 is 0.273 bits per heavy atom. The molecule has 88 heavy (non-hydrogen) atoms. The van der Waals surface area contributed by atoms with Crippen molar-refractivity contribution in [3.05, 3.63) is 42.0 Å². The van der Waals surface area contributed by atoms with Crippen LogP contribution in [0.25, 0.3) is 0 Å². The highest BCUT2D eigenvalue weighted by Crippen LogP contribution is 2.47. The summed E-state index contributed by atoms with van der Waals surface area (Å²) < 4.78 is 0. The molecule has 0 fully saturated rings. The Balaban J connectivity index is 2.09. The maximum atomic E-state index is 16.2. The number of rotatable bonds is 57. The molecule has 1 aliphatic rings. The number of amidine groups is 1. The molecule has 0 N–H and O–H groups in total. The lowest BCUT2D eigenvalue weighted by Gasteiger charge is -2.33. The van der Waals surface area contributed by atoms with E-state index in [-0.39, 0.29) is 6.03 Å². The first-order valence-electron chi connectivity index (χ1n) is 36.0. The van der Waals surface area contributed by atoms with Gasteiger partial charge < -0.3 is 0 Å². The summed E-state index contributed by atoms with van der Waals surface area (Å²) in [5, 5.41) is 9.17.